The summed E-state index contributed by atoms with van der Waals surface area (Å²) in [7, 11) is -3.42. The monoisotopic (exact) mass is 351 g/mol. The Labute approximate surface area is 139 Å². The van der Waals surface area contributed by atoms with Crippen LogP contribution < -0.4 is 0 Å². The van der Waals surface area contributed by atoms with Gasteiger partial charge in [0, 0.05) is 12.1 Å². The third-order valence-corrected chi connectivity index (χ3v) is 6.24. The first-order chi connectivity index (χ1) is 11.4. The summed E-state index contributed by atoms with van der Waals surface area (Å²) in [6, 6.07) is 3.79. The van der Waals surface area contributed by atoms with E-state index < -0.39 is 22.2 Å². The minimum absolute atomic E-state index is 0.279. The average molecular weight is 351 g/mol. The fraction of sp³-hybridized carbons (Fsp3) is 0.438. The molecule has 3 atom stereocenters. The maximum absolute atomic E-state index is 13.7. The van der Waals surface area contributed by atoms with E-state index in [1.54, 1.807) is 18.6 Å². The standard InChI is InChI=1S/C16H18FN3O3S/c1-24(22,23)20-5-4-11(21)7-14(20)16-12-3-2-10(17)6-13(12)15-8-18-9-19(15)16/h2-3,6,8-9,11,14,16,21H,4-5,7H2,1H3/t11?,14?,16-/m0/s1. The molecule has 2 aliphatic rings. The van der Waals surface area contributed by atoms with E-state index in [0.717, 1.165) is 16.8 Å². The fourth-order valence-electron chi connectivity index (χ4n) is 3.94. The molecule has 128 valence electrons. The van der Waals surface area contributed by atoms with Crippen molar-refractivity contribution >= 4 is 10.0 Å². The molecule has 1 N–H and O–H groups in total. The molecule has 1 aromatic heterocycles. The second-order valence-corrected chi connectivity index (χ2v) is 8.42. The summed E-state index contributed by atoms with van der Waals surface area (Å²) in [6.45, 7) is 0.279. The van der Waals surface area contributed by atoms with Gasteiger partial charge in [0.15, 0.2) is 0 Å². The highest BCUT2D eigenvalue weighted by molar-refractivity contribution is 7.88. The zero-order chi connectivity index (χ0) is 17.1. The van der Waals surface area contributed by atoms with E-state index >= 15 is 0 Å². The molecule has 2 aromatic rings. The lowest BCUT2D eigenvalue weighted by Gasteiger charge is -2.40. The minimum atomic E-state index is -3.42. The van der Waals surface area contributed by atoms with Crippen molar-refractivity contribution in [1.82, 2.24) is 13.9 Å². The average Bonchev–Trinajstić information content (AvgIpc) is 3.06. The van der Waals surface area contributed by atoms with Gasteiger partial charge in [0.1, 0.15) is 5.82 Å². The first-order valence-corrected chi connectivity index (χ1v) is 9.67. The molecule has 0 bridgehead atoms. The van der Waals surface area contributed by atoms with Crippen LogP contribution in [-0.2, 0) is 10.0 Å². The van der Waals surface area contributed by atoms with E-state index in [9.17, 15) is 17.9 Å². The number of benzene rings is 1. The lowest BCUT2D eigenvalue weighted by Crippen LogP contribution is -2.50. The van der Waals surface area contributed by atoms with Gasteiger partial charge in [-0.15, -0.1) is 0 Å². The van der Waals surface area contributed by atoms with Gasteiger partial charge in [-0.05, 0) is 30.5 Å². The predicted molar refractivity (Wildman–Crippen MR) is 86.3 cm³/mol. The van der Waals surface area contributed by atoms with E-state index in [-0.39, 0.29) is 18.4 Å². The van der Waals surface area contributed by atoms with Gasteiger partial charge in [0.25, 0.3) is 0 Å². The lowest BCUT2D eigenvalue weighted by atomic mass is 9.90. The van der Waals surface area contributed by atoms with Crippen LogP contribution in [0.1, 0.15) is 24.4 Å². The zero-order valence-corrected chi connectivity index (χ0v) is 13.9. The van der Waals surface area contributed by atoms with Gasteiger partial charge in [-0.3, -0.25) is 0 Å². The molecule has 1 saturated heterocycles. The first-order valence-electron chi connectivity index (χ1n) is 7.83. The largest absolute Gasteiger partial charge is 0.393 e. The van der Waals surface area contributed by atoms with Crippen molar-refractivity contribution in [3.63, 3.8) is 0 Å². The van der Waals surface area contributed by atoms with Crippen LogP contribution in [-0.4, -0.2) is 52.3 Å². The quantitative estimate of drug-likeness (QED) is 0.887. The van der Waals surface area contributed by atoms with Crippen molar-refractivity contribution in [1.29, 1.82) is 0 Å². The van der Waals surface area contributed by atoms with E-state index in [2.05, 4.69) is 4.98 Å². The van der Waals surface area contributed by atoms with Gasteiger partial charge in [0.05, 0.1) is 42.7 Å². The van der Waals surface area contributed by atoms with E-state index in [0.29, 0.717) is 12.8 Å². The fourth-order valence-corrected chi connectivity index (χ4v) is 5.07. The van der Waals surface area contributed by atoms with Crippen molar-refractivity contribution in [3.8, 4) is 11.3 Å². The number of sulfonamides is 1. The van der Waals surface area contributed by atoms with E-state index in [1.165, 1.54) is 22.7 Å². The number of imidazole rings is 1. The molecule has 0 radical (unpaired) electrons. The van der Waals surface area contributed by atoms with Gasteiger partial charge in [-0.1, -0.05) is 6.07 Å². The number of aliphatic hydroxyl groups excluding tert-OH is 1. The minimum Gasteiger partial charge on any atom is -0.393 e. The topological polar surface area (TPSA) is 75.4 Å². The number of nitrogens with zero attached hydrogens (tertiary/aromatic N) is 3. The summed E-state index contributed by atoms with van der Waals surface area (Å²) >= 11 is 0. The summed E-state index contributed by atoms with van der Waals surface area (Å²) < 4.78 is 41.5. The van der Waals surface area contributed by atoms with Gasteiger partial charge >= 0.3 is 0 Å². The Balaban J connectivity index is 1.86. The molecular weight excluding hydrogens is 333 g/mol. The highest BCUT2D eigenvalue weighted by atomic mass is 32.2. The molecule has 8 heteroatoms. The molecule has 6 nitrogen and oxygen atoms in total. The van der Waals surface area contributed by atoms with Crippen LogP contribution in [0.15, 0.2) is 30.7 Å². The Morgan fingerprint density at radius 2 is 2.17 bits per heavy atom. The van der Waals surface area contributed by atoms with Crippen molar-refractivity contribution in [2.75, 3.05) is 12.8 Å². The summed E-state index contributed by atoms with van der Waals surface area (Å²) in [5, 5.41) is 10.1. The Morgan fingerprint density at radius 1 is 1.38 bits per heavy atom. The summed E-state index contributed by atoms with van der Waals surface area (Å²) in [6.07, 6.45) is 4.69. The molecule has 3 heterocycles. The number of aliphatic hydroxyl groups is 1. The maximum Gasteiger partial charge on any atom is 0.211 e. The van der Waals surface area contributed by atoms with E-state index in [1.807, 2.05) is 4.57 Å². The van der Waals surface area contributed by atoms with Gasteiger partial charge < -0.3 is 9.67 Å². The molecule has 24 heavy (non-hydrogen) atoms. The van der Waals surface area contributed by atoms with Crippen molar-refractivity contribution in [3.05, 3.63) is 42.1 Å². The number of halogens is 1. The Morgan fingerprint density at radius 3 is 2.92 bits per heavy atom. The van der Waals surface area contributed by atoms with Gasteiger partial charge in [-0.2, -0.15) is 4.31 Å². The smallest absolute Gasteiger partial charge is 0.211 e. The van der Waals surface area contributed by atoms with Crippen molar-refractivity contribution < 1.29 is 17.9 Å². The number of fused-ring (bicyclic) bond motifs is 3. The molecule has 0 saturated carbocycles. The summed E-state index contributed by atoms with van der Waals surface area (Å²) in [4.78, 5) is 4.13. The number of rotatable bonds is 2. The number of hydrogen-bond acceptors (Lipinski definition) is 4. The number of piperidine rings is 1. The normalized spacial score (nSPS) is 27.0. The zero-order valence-electron chi connectivity index (χ0n) is 13.1. The van der Waals surface area contributed by atoms with Crippen LogP contribution in [0, 0.1) is 5.82 Å². The molecular formula is C16H18FN3O3S. The molecule has 0 amide bonds. The Bertz CT molecular complexity index is 896. The highest BCUT2D eigenvalue weighted by Gasteiger charge is 2.43. The molecule has 2 aliphatic heterocycles. The molecule has 1 fully saturated rings. The van der Waals surface area contributed by atoms with Gasteiger partial charge in [0.2, 0.25) is 10.0 Å². The Kier molecular flexibility index (Phi) is 3.52. The third kappa shape index (κ3) is 2.37. The Hall–Kier alpha value is -1.77. The summed E-state index contributed by atoms with van der Waals surface area (Å²) in [5.41, 5.74) is 2.36. The van der Waals surface area contributed by atoms with Crippen LogP contribution in [0.25, 0.3) is 11.3 Å². The molecule has 2 unspecified atom stereocenters. The molecule has 0 spiro atoms. The van der Waals surface area contributed by atoms with Crippen molar-refractivity contribution in [2.24, 2.45) is 0 Å². The van der Waals surface area contributed by atoms with E-state index in [4.69, 9.17) is 0 Å². The molecule has 4 rings (SSSR count). The summed E-state index contributed by atoms with van der Waals surface area (Å²) in [5.74, 6) is -0.342. The molecule has 0 aliphatic carbocycles. The van der Waals surface area contributed by atoms with Crippen LogP contribution in [0.2, 0.25) is 0 Å². The lowest BCUT2D eigenvalue weighted by molar-refractivity contribution is 0.0685. The molecule has 1 aromatic carbocycles. The number of aromatic nitrogens is 2. The second-order valence-electron chi connectivity index (χ2n) is 6.48. The van der Waals surface area contributed by atoms with Crippen LogP contribution in [0.4, 0.5) is 4.39 Å². The van der Waals surface area contributed by atoms with Gasteiger partial charge in [-0.25, -0.2) is 17.8 Å². The second kappa shape index (κ2) is 5.37. The van der Waals surface area contributed by atoms with Crippen LogP contribution >= 0.6 is 0 Å². The first kappa shape index (κ1) is 15.7. The SMILES string of the molecule is CS(=O)(=O)N1CCC(O)CC1[C@@H]1c2ccc(F)cc2-c2cncn21. The third-order valence-electron chi connectivity index (χ3n) is 4.93. The van der Waals surface area contributed by atoms with Crippen LogP contribution in [0.5, 0.6) is 0 Å². The maximum atomic E-state index is 13.7. The highest BCUT2D eigenvalue weighted by Crippen LogP contribution is 2.44. The predicted octanol–water partition coefficient (Wildman–Crippen LogP) is 1.38. The number of hydrogen-bond donors (Lipinski definition) is 1. The van der Waals surface area contributed by atoms with Crippen LogP contribution in [0.3, 0.4) is 0 Å². The van der Waals surface area contributed by atoms with Crippen molar-refractivity contribution in [2.45, 2.75) is 31.0 Å².